The fraction of sp³-hybridized carbons (Fsp3) is 0.750. The maximum Gasteiger partial charge on any atom is 0.0521 e. The molecule has 0 aromatic rings. The van der Waals surface area contributed by atoms with Crippen LogP contribution in [0.1, 0.15) is 6.92 Å². The summed E-state index contributed by atoms with van der Waals surface area (Å²) >= 11 is 5.27. The van der Waals surface area contributed by atoms with Crippen LogP contribution >= 0.6 is 11.6 Å². The van der Waals surface area contributed by atoms with Gasteiger partial charge in [-0.05, 0) is 13.1 Å². The summed E-state index contributed by atoms with van der Waals surface area (Å²) in [6.45, 7) is 2.63. The first-order chi connectivity index (χ1) is 2.91. The van der Waals surface area contributed by atoms with E-state index in [0.717, 1.165) is 6.54 Å². The number of nitrogens with zero attached hydrogens (tertiary/aromatic N) is 1. The summed E-state index contributed by atoms with van der Waals surface area (Å²) in [5, 5.41) is 0. The van der Waals surface area contributed by atoms with Crippen molar-refractivity contribution in [3.63, 3.8) is 0 Å². The van der Waals surface area contributed by atoms with Crippen LogP contribution in [0, 0.1) is 0 Å². The zero-order chi connectivity index (χ0) is 4.83. The molecule has 0 rings (SSSR count). The quantitative estimate of drug-likeness (QED) is 0.371. The molecule has 0 bridgehead atoms. The van der Waals surface area contributed by atoms with Gasteiger partial charge in [0.25, 0.3) is 0 Å². The van der Waals surface area contributed by atoms with Gasteiger partial charge >= 0.3 is 0 Å². The Hall–Kier alpha value is -0.0400. The first kappa shape index (κ1) is 5.96. The largest absolute Gasteiger partial charge is 0.297 e. The van der Waals surface area contributed by atoms with Crippen LogP contribution < -0.4 is 0 Å². The van der Waals surface area contributed by atoms with E-state index < -0.39 is 0 Å². The first-order valence-electron chi connectivity index (χ1n) is 1.92. The van der Waals surface area contributed by atoms with E-state index in [0.29, 0.717) is 5.88 Å². The van der Waals surface area contributed by atoms with Crippen molar-refractivity contribution in [3.05, 3.63) is 0 Å². The summed E-state index contributed by atoms with van der Waals surface area (Å²) in [7, 11) is 0. The molecule has 0 amide bonds. The molecule has 36 valence electrons. The van der Waals surface area contributed by atoms with Crippen molar-refractivity contribution in [2.75, 3.05) is 12.4 Å². The molecule has 0 radical (unpaired) electrons. The standard InChI is InChI=1S/C4H8ClN/c1-2-6-4-3-5/h2H,3-4H2,1H3/b6-2+. The van der Waals surface area contributed by atoms with Gasteiger partial charge in [0.15, 0.2) is 0 Å². The Morgan fingerprint density at radius 3 is 2.67 bits per heavy atom. The second kappa shape index (κ2) is 4.96. The molecule has 0 aromatic carbocycles. The van der Waals surface area contributed by atoms with Gasteiger partial charge in [-0.2, -0.15) is 0 Å². The molecule has 0 fully saturated rings. The minimum absolute atomic E-state index is 0.629. The number of hydrogen-bond acceptors (Lipinski definition) is 1. The average molecular weight is 106 g/mol. The molecule has 0 aliphatic carbocycles. The normalized spacial score (nSPS) is 10.3. The predicted octanol–water partition coefficient (Wildman–Crippen LogP) is 1.32. The summed E-state index contributed by atoms with van der Waals surface area (Å²) in [4.78, 5) is 3.83. The summed E-state index contributed by atoms with van der Waals surface area (Å²) < 4.78 is 0. The van der Waals surface area contributed by atoms with Crippen molar-refractivity contribution in [2.45, 2.75) is 6.92 Å². The van der Waals surface area contributed by atoms with Crippen molar-refractivity contribution >= 4 is 17.8 Å². The lowest BCUT2D eigenvalue weighted by Gasteiger charge is -1.76. The van der Waals surface area contributed by atoms with Gasteiger partial charge in [0.05, 0.1) is 6.54 Å². The summed E-state index contributed by atoms with van der Waals surface area (Å²) in [6.07, 6.45) is 1.75. The van der Waals surface area contributed by atoms with Crippen LogP contribution in [0.25, 0.3) is 0 Å². The number of alkyl halides is 1. The van der Waals surface area contributed by atoms with Gasteiger partial charge in [-0.3, -0.25) is 4.99 Å². The van der Waals surface area contributed by atoms with E-state index in [-0.39, 0.29) is 0 Å². The van der Waals surface area contributed by atoms with Crippen LogP contribution in [0.4, 0.5) is 0 Å². The second-order valence-corrected chi connectivity index (χ2v) is 1.23. The molecule has 0 aromatic heterocycles. The van der Waals surface area contributed by atoms with E-state index in [9.17, 15) is 0 Å². The highest BCUT2D eigenvalue weighted by Gasteiger charge is 1.67. The third kappa shape index (κ3) is 3.96. The number of aliphatic imine (C=N–C) groups is 1. The van der Waals surface area contributed by atoms with E-state index in [1.54, 1.807) is 6.21 Å². The molecule has 6 heavy (non-hydrogen) atoms. The molecule has 1 nitrogen and oxygen atoms in total. The molecule has 0 saturated heterocycles. The van der Waals surface area contributed by atoms with Crippen LogP contribution in [0.15, 0.2) is 4.99 Å². The van der Waals surface area contributed by atoms with Gasteiger partial charge in [0, 0.05) is 5.88 Å². The minimum Gasteiger partial charge on any atom is -0.297 e. The van der Waals surface area contributed by atoms with Gasteiger partial charge in [-0.15, -0.1) is 11.6 Å². The molecule has 0 spiro atoms. The van der Waals surface area contributed by atoms with Crippen LogP contribution in [0.3, 0.4) is 0 Å². The molecule has 0 unspecified atom stereocenters. The van der Waals surface area contributed by atoms with Gasteiger partial charge in [0.2, 0.25) is 0 Å². The molecule has 0 heterocycles. The molecule has 0 aliphatic heterocycles. The van der Waals surface area contributed by atoms with Gasteiger partial charge in [-0.1, -0.05) is 0 Å². The van der Waals surface area contributed by atoms with Crippen molar-refractivity contribution in [1.82, 2.24) is 0 Å². The predicted molar refractivity (Wildman–Crippen MR) is 29.8 cm³/mol. The Morgan fingerprint density at radius 1 is 1.83 bits per heavy atom. The fourth-order valence-corrected chi connectivity index (χ4v) is 0.275. The highest BCUT2D eigenvalue weighted by atomic mass is 35.5. The first-order valence-corrected chi connectivity index (χ1v) is 2.45. The lowest BCUT2D eigenvalue weighted by Crippen LogP contribution is -1.77. The maximum atomic E-state index is 5.27. The van der Waals surface area contributed by atoms with Crippen molar-refractivity contribution in [2.24, 2.45) is 4.99 Å². The van der Waals surface area contributed by atoms with E-state index in [1.807, 2.05) is 6.92 Å². The topological polar surface area (TPSA) is 12.4 Å². The van der Waals surface area contributed by atoms with Crippen LogP contribution in [0.2, 0.25) is 0 Å². The number of hydrogen-bond donors (Lipinski definition) is 0. The molecule has 0 atom stereocenters. The smallest absolute Gasteiger partial charge is 0.0521 e. The van der Waals surface area contributed by atoms with Crippen molar-refractivity contribution in [3.8, 4) is 0 Å². The molecule has 2 heteroatoms. The minimum atomic E-state index is 0.629. The van der Waals surface area contributed by atoms with Gasteiger partial charge < -0.3 is 0 Å². The Bertz CT molecular complexity index is 42.8. The zero-order valence-electron chi connectivity index (χ0n) is 3.82. The number of rotatable bonds is 2. The molecule has 0 saturated carbocycles. The Labute approximate surface area is 43.0 Å². The van der Waals surface area contributed by atoms with E-state index in [1.165, 1.54) is 0 Å². The Balaban J connectivity index is 2.66. The third-order valence-corrected chi connectivity index (χ3v) is 0.565. The van der Waals surface area contributed by atoms with Crippen molar-refractivity contribution < 1.29 is 0 Å². The highest BCUT2D eigenvalue weighted by Crippen LogP contribution is 1.72. The van der Waals surface area contributed by atoms with Crippen molar-refractivity contribution in [1.29, 1.82) is 0 Å². The lowest BCUT2D eigenvalue weighted by atomic mass is 10.7. The lowest BCUT2D eigenvalue weighted by molar-refractivity contribution is 1.15. The van der Waals surface area contributed by atoms with Crippen LogP contribution in [-0.2, 0) is 0 Å². The Morgan fingerprint density at radius 2 is 2.50 bits per heavy atom. The second-order valence-electron chi connectivity index (χ2n) is 0.853. The molecule has 0 aliphatic rings. The van der Waals surface area contributed by atoms with E-state index in [2.05, 4.69) is 4.99 Å². The SMILES string of the molecule is C/C=N/CCCl. The van der Waals surface area contributed by atoms with Gasteiger partial charge in [0.1, 0.15) is 0 Å². The summed E-state index contributed by atoms with van der Waals surface area (Å²) in [5.74, 6) is 0.629. The maximum absolute atomic E-state index is 5.27. The van der Waals surface area contributed by atoms with E-state index in [4.69, 9.17) is 11.6 Å². The molecule has 0 N–H and O–H groups in total. The monoisotopic (exact) mass is 105 g/mol. The summed E-state index contributed by atoms with van der Waals surface area (Å²) in [6, 6.07) is 0. The van der Waals surface area contributed by atoms with E-state index >= 15 is 0 Å². The van der Waals surface area contributed by atoms with Crippen LogP contribution in [-0.4, -0.2) is 18.6 Å². The number of halogens is 1. The zero-order valence-corrected chi connectivity index (χ0v) is 4.57. The highest BCUT2D eigenvalue weighted by molar-refractivity contribution is 6.18. The molecular weight excluding hydrogens is 97.5 g/mol. The average Bonchev–Trinajstić information content (AvgIpc) is 1.61. The third-order valence-electron chi connectivity index (χ3n) is 0.396. The van der Waals surface area contributed by atoms with Gasteiger partial charge in [-0.25, -0.2) is 0 Å². The fourth-order valence-electron chi connectivity index (χ4n) is 0.178. The van der Waals surface area contributed by atoms with Crippen LogP contribution in [0.5, 0.6) is 0 Å². The Kier molecular flexibility index (Phi) is 4.93. The summed E-state index contributed by atoms with van der Waals surface area (Å²) in [5.41, 5.74) is 0. The molecular formula is C4H8ClN.